The minimum absolute atomic E-state index is 0.275. The highest BCUT2D eigenvalue weighted by atomic mass is 32.1. The Bertz CT molecular complexity index is 859. The first-order valence-electron chi connectivity index (χ1n) is 8.17. The third-order valence-electron chi connectivity index (χ3n) is 4.17. The first-order valence-corrected chi connectivity index (χ1v) is 8.98. The van der Waals surface area contributed by atoms with Crippen molar-refractivity contribution in [2.75, 3.05) is 10.6 Å². The Morgan fingerprint density at radius 3 is 2.46 bits per heavy atom. The van der Waals surface area contributed by atoms with E-state index >= 15 is 0 Å². The average molecular weight is 382 g/mol. The largest absolute Gasteiger partial charge is 0.418 e. The van der Waals surface area contributed by atoms with Gasteiger partial charge in [-0.3, -0.25) is 9.59 Å². The van der Waals surface area contributed by atoms with Gasteiger partial charge in [0.05, 0.1) is 16.8 Å². The number of amides is 2. The van der Waals surface area contributed by atoms with Crippen molar-refractivity contribution in [1.29, 1.82) is 0 Å². The van der Waals surface area contributed by atoms with Gasteiger partial charge in [-0.1, -0.05) is 12.1 Å². The fourth-order valence-electron chi connectivity index (χ4n) is 3.08. The summed E-state index contributed by atoms with van der Waals surface area (Å²) in [5, 5.41) is 5.41. The number of para-hydroxylation sites is 1. The maximum absolute atomic E-state index is 13.2. The number of carbonyl (C=O) groups excluding carboxylic acids is 2. The van der Waals surface area contributed by atoms with Gasteiger partial charge in [0.25, 0.3) is 5.91 Å². The quantitative estimate of drug-likeness (QED) is 0.797. The first kappa shape index (κ1) is 18.4. The Kier molecular flexibility index (Phi) is 5.04. The van der Waals surface area contributed by atoms with E-state index in [0.717, 1.165) is 35.8 Å². The SMILES string of the molecule is CC(=O)Nc1sc2c(c1C(=O)Nc1ccccc1C(F)(F)F)CCCC2. The van der Waals surface area contributed by atoms with E-state index in [1.165, 1.54) is 36.5 Å². The molecule has 0 radical (unpaired) electrons. The first-order chi connectivity index (χ1) is 12.3. The van der Waals surface area contributed by atoms with Crippen LogP contribution in [0, 0.1) is 0 Å². The van der Waals surface area contributed by atoms with Crippen LogP contribution in [0.2, 0.25) is 0 Å². The van der Waals surface area contributed by atoms with Crippen LogP contribution in [0.15, 0.2) is 24.3 Å². The molecule has 2 N–H and O–H groups in total. The Morgan fingerprint density at radius 2 is 1.77 bits per heavy atom. The molecule has 26 heavy (non-hydrogen) atoms. The number of hydrogen-bond acceptors (Lipinski definition) is 3. The number of alkyl halides is 3. The summed E-state index contributed by atoms with van der Waals surface area (Å²) < 4.78 is 39.5. The van der Waals surface area contributed by atoms with Crippen molar-refractivity contribution < 1.29 is 22.8 Å². The zero-order valence-corrected chi connectivity index (χ0v) is 14.8. The number of anilines is 2. The fourth-order valence-corrected chi connectivity index (χ4v) is 4.41. The molecule has 1 aliphatic carbocycles. The molecule has 4 nitrogen and oxygen atoms in total. The van der Waals surface area contributed by atoms with E-state index in [1.54, 1.807) is 0 Å². The topological polar surface area (TPSA) is 58.2 Å². The van der Waals surface area contributed by atoms with E-state index in [2.05, 4.69) is 10.6 Å². The molecule has 3 rings (SSSR count). The highest BCUT2D eigenvalue weighted by Gasteiger charge is 2.34. The van der Waals surface area contributed by atoms with Crippen molar-refractivity contribution in [1.82, 2.24) is 0 Å². The van der Waals surface area contributed by atoms with Gasteiger partial charge in [0.15, 0.2) is 0 Å². The van der Waals surface area contributed by atoms with Gasteiger partial charge in [-0.15, -0.1) is 11.3 Å². The number of carbonyl (C=O) groups is 2. The number of aryl methyl sites for hydroxylation is 1. The molecular weight excluding hydrogens is 365 g/mol. The smallest absolute Gasteiger partial charge is 0.321 e. The monoisotopic (exact) mass is 382 g/mol. The lowest BCUT2D eigenvalue weighted by atomic mass is 9.95. The molecular formula is C18H17F3N2O2S. The minimum atomic E-state index is -4.57. The third kappa shape index (κ3) is 3.75. The van der Waals surface area contributed by atoms with Gasteiger partial charge < -0.3 is 10.6 Å². The van der Waals surface area contributed by atoms with Crippen LogP contribution in [0.4, 0.5) is 23.9 Å². The third-order valence-corrected chi connectivity index (χ3v) is 5.38. The number of benzene rings is 1. The molecule has 8 heteroatoms. The number of hydrogen-bond donors (Lipinski definition) is 2. The number of fused-ring (bicyclic) bond motifs is 1. The molecule has 138 valence electrons. The van der Waals surface area contributed by atoms with Crippen LogP contribution in [-0.2, 0) is 23.8 Å². The second-order valence-electron chi connectivity index (χ2n) is 6.09. The Labute approximate surface area is 152 Å². The molecule has 2 aromatic rings. The molecule has 0 aliphatic heterocycles. The lowest BCUT2D eigenvalue weighted by Crippen LogP contribution is -2.19. The molecule has 1 aliphatic rings. The predicted molar refractivity (Wildman–Crippen MR) is 94.7 cm³/mol. The minimum Gasteiger partial charge on any atom is -0.321 e. The predicted octanol–water partition coefficient (Wildman–Crippen LogP) is 4.86. The van der Waals surface area contributed by atoms with Gasteiger partial charge in [0.1, 0.15) is 5.00 Å². The van der Waals surface area contributed by atoms with Gasteiger partial charge in [-0.05, 0) is 43.4 Å². The van der Waals surface area contributed by atoms with Crippen LogP contribution in [0.25, 0.3) is 0 Å². The van der Waals surface area contributed by atoms with Crippen molar-refractivity contribution in [3.63, 3.8) is 0 Å². The number of rotatable bonds is 3. The van der Waals surface area contributed by atoms with Crippen molar-refractivity contribution in [3.8, 4) is 0 Å². The van der Waals surface area contributed by atoms with E-state index in [-0.39, 0.29) is 17.2 Å². The highest BCUT2D eigenvalue weighted by Crippen LogP contribution is 2.39. The maximum Gasteiger partial charge on any atom is 0.418 e. The van der Waals surface area contributed by atoms with Crippen LogP contribution in [0.1, 0.15) is 46.1 Å². The average Bonchev–Trinajstić information content (AvgIpc) is 2.91. The summed E-state index contributed by atoms with van der Waals surface area (Å²) in [6.45, 7) is 1.33. The second-order valence-corrected chi connectivity index (χ2v) is 7.20. The van der Waals surface area contributed by atoms with Gasteiger partial charge in [-0.2, -0.15) is 13.2 Å². The van der Waals surface area contributed by atoms with Gasteiger partial charge in [0, 0.05) is 11.8 Å². The van der Waals surface area contributed by atoms with Crippen LogP contribution in [-0.4, -0.2) is 11.8 Å². The summed E-state index contributed by atoms with van der Waals surface area (Å²) in [6, 6.07) is 4.85. The molecule has 0 unspecified atom stereocenters. The molecule has 2 amide bonds. The van der Waals surface area contributed by atoms with E-state index in [9.17, 15) is 22.8 Å². The lowest BCUT2D eigenvalue weighted by molar-refractivity contribution is -0.136. The van der Waals surface area contributed by atoms with Gasteiger partial charge in [-0.25, -0.2) is 0 Å². The van der Waals surface area contributed by atoms with Gasteiger partial charge >= 0.3 is 6.18 Å². The number of nitrogens with one attached hydrogen (secondary N) is 2. The standard InChI is InChI=1S/C18H17F3N2O2S/c1-10(24)22-17-15(11-6-2-5-9-14(11)26-17)16(25)23-13-8-4-3-7-12(13)18(19,20)21/h3-4,7-8H,2,5-6,9H2,1H3,(H,22,24)(H,23,25). The van der Waals surface area contributed by atoms with Crippen molar-refractivity contribution >= 4 is 33.8 Å². The Balaban J connectivity index is 1.98. The molecule has 1 heterocycles. The summed E-state index contributed by atoms with van der Waals surface area (Å²) in [5.74, 6) is -0.960. The molecule has 0 saturated carbocycles. The summed E-state index contributed by atoms with van der Waals surface area (Å²) in [5.41, 5.74) is -0.100. The summed E-state index contributed by atoms with van der Waals surface area (Å²) in [4.78, 5) is 25.3. The summed E-state index contributed by atoms with van der Waals surface area (Å²) in [6.07, 6.45) is -1.19. The van der Waals surface area contributed by atoms with Crippen LogP contribution >= 0.6 is 11.3 Å². The zero-order chi connectivity index (χ0) is 18.9. The zero-order valence-electron chi connectivity index (χ0n) is 14.0. The lowest BCUT2D eigenvalue weighted by Gasteiger charge is -2.16. The van der Waals surface area contributed by atoms with E-state index in [4.69, 9.17) is 0 Å². The fraction of sp³-hybridized carbons (Fsp3) is 0.333. The molecule has 1 aromatic carbocycles. The highest BCUT2D eigenvalue weighted by molar-refractivity contribution is 7.17. The molecule has 0 saturated heterocycles. The summed E-state index contributed by atoms with van der Waals surface area (Å²) >= 11 is 1.32. The molecule has 0 spiro atoms. The number of thiophene rings is 1. The molecule has 1 aromatic heterocycles. The normalized spacial score (nSPS) is 13.8. The number of halogens is 3. The van der Waals surface area contributed by atoms with Crippen molar-refractivity contribution in [2.24, 2.45) is 0 Å². The Hall–Kier alpha value is -2.35. The van der Waals surface area contributed by atoms with Crippen molar-refractivity contribution in [2.45, 2.75) is 38.8 Å². The molecule has 0 atom stereocenters. The molecule has 0 bridgehead atoms. The van der Waals surface area contributed by atoms with Crippen LogP contribution in [0.3, 0.4) is 0 Å². The summed E-state index contributed by atoms with van der Waals surface area (Å²) in [7, 11) is 0. The van der Waals surface area contributed by atoms with Crippen LogP contribution < -0.4 is 10.6 Å². The van der Waals surface area contributed by atoms with E-state index in [1.807, 2.05) is 0 Å². The van der Waals surface area contributed by atoms with Gasteiger partial charge in [0.2, 0.25) is 5.91 Å². The van der Waals surface area contributed by atoms with Crippen LogP contribution in [0.5, 0.6) is 0 Å². The van der Waals surface area contributed by atoms with E-state index < -0.39 is 17.6 Å². The van der Waals surface area contributed by atoms with Crippen molar-refractivity contribution in [3.05, 3.63) is 45.8 Å². The molecule has 0 fully saturated rings. The van der Waals surface area contributed by atoms with E-state index in [0.29, 0.717) is 11.4 Å². The Morgan fingerprint density at radius 1 is 1.08 bits per heavy atom. The second kappa shape index (κ2) is 7.11. The maximum atomic E-state index is 13.2.